The van der Waals surface area contributed by atoms with E-state index in [0.717, 1.165) is 10.8 Å². The molecule has 3 aromatic heterocycles. The number of hydrogen-bond acceptors (Lipinski definition) is 6. The summed E-state index contributed by atoms with van der Waals surface area (Å²) < 4.78 is 42.4. The number of oxazole rings is 1. The van der Waals surface area contributed by atoms with Gasteiger partial charge in [0.05, 0.1) is 12.6 Å². The van der Waals surface area contributed by atoms with Crippen molar-refractivity contribution in [2.24, 2.45) is 5.92 Å². The molecule has 0 saturated carbocycles. The molecule has 0 spiro atoms. The van der Waals surface area contributed by atoms with Crippen molar-refractivity contribution in [3.8, 4) is 11.5 Å². The SMILES string of the molecule is O=C(Cc1cc2cc(-c3cnco3)ncc2cn1)C1CCN(CCC(F)(F)F)CC1. The second kappa shape index (κ2) is 8.51. The third-order valence-corrected chi connectivity index (χ3v) is 5.45. The fourth-order valence-electron chi connectivity index (χ4n) is 3.74. The zero-order valence-corrected chi connectivity index (χ0v) is 16.2. The number of likely N-dealkylation sites (tertiary alicyclic amines) is 1. The summed E-state index contributed by atoms with van der Waals surface area (Å²) in [6.45, 7) is 1.03. The normalized spacial score (nSPS) is 16.2. The van der Waals surface area contributed by atoms with Crippen LogP contribution in [0.2, 0.25) is 0 Å². The number of carbonyl (C=O) groups is 1. The van der Waals surface area contributed by atoms with E-state index >= 15 is 0 Å². The van der Waals surface area contributed by atoms with Gasteiger partial charge in [-0.25, -0.2) is 4.98 Å². The van der Waals surface area contributed by atoms with Gasteiger partial charge in [0.2, 0.25) is 0 Å². The lowest BCUT2D eigenvalue weighted by molar-refractivity contribution is -0.139. The third kappa shape index (κ3) is 5.02. The fraction of sp³-hybridized carbons (Fsp3) is 0.429. The number of fused-ring (bicyclic) bond motifs is 1. The number of nitrogens with zero attached hydrogens (tertiary/aromatic N) is 4. The summed E-state index contributed by atoms with van der Waals surface area (Å²) in [4.78, 5) is 27.1. The van der Waals surface area contributed by atoms with Crippen LogP contribution in [0.3, 0.4) is 0 Å². The number of piperidine rings is 1. The highest BCUT2D eigenvalue weighted by Gasteiger charge is 2.30. The summed E-state index contributed by atoms with van der Waals surface area (Å²) in [6, 6.07) is 3.73. The first kappa shape index (κ1) is 20.5. The Kier molecular flexibility index (Phi) is 5.80. The Morgan fingerprint density at radius 2 is 1.87 bits per heavy atom. The molecule has 0 unspecified atom stereocenters. The highest BCUT2D eigenvalue weighted by molar-refractivity contribution is 5.87. The number of pyridine rings is 2. The quantitative estimate of drug-likeness (QED) is 0.601. The van der Waals surface area contributed by atoms with Crippen molar-refractivity contribution in [3.05, 3.63) is 42.8 Å². The molecule has 158 valence electrons. The van der Waals surface area contributed by atoms with Crippen molar-refractivity contribution < 1.29 is 22.4 Å². The molecule has 0 amide bonds. The van der Waals surface area contributed by atoms with Gasteiger partial charge in [-0.1, -0.05) is 0 Å². The number of rotatable bonds is 6. The minimum absolute atomic E-state index is 0.00179. The van der Waals surface area contributed by atoms with E-state index in [9.17, 15) is 18.0 Å². The average Bonchev–Trinajstić information content (AvgIpc) is 3.26. The zero-order chi connectivity index (χ0) is 21.1. The van der Waals surface area contributed by atoms with Gasteiger partial charge in [-0.15, -0.1) is 0 Å². The van der Waals surface area contributed by atoms with Crippen LogP contribution in [0, 0.1) is 5.92 Å². The number of ketones is 1. The van der Waals surface area contributed by atoms with Crippen molar-refractivity contribution in [2.45, 2.75) is 31.9 Å². The van der Waals surface area contributed by atoms with E-state index in [1.54, 1.807) is 23.5 Å². The average molecular weight is 418 g/mol. The Labute approximate surface area is 171 Å². The molecule has 0 radical (unpaired) electrons. The molecule has 0 bridgehead atoms. The first-order valence-corrected chi connectivity index (χ1v) is 9.83. The number of alkyl halides is 3. The molecule has 1 aliphatic heterocycles. The summed E-state index contributed by atoms with van der Waals surface area (Å²) in [5, 5.41) is 1.75. The Morgan fingerprint density at radius 3 is 2.57 bits per heavy atom. The van der Waals surface area contributed by atoms with Gasteiger partial charge in [-0.05, 0) is 43.5 Å². The summed E-state index contributed by atoms with van der Waals surface area (Å²) >= 11 is 0. The first-order chi connectivity index (χ1) is 14.4. The number of halogens is 3. The van der Waals surface area contributed by atoms with Crippen LogP contribution < -0.4 is 0 Å². The molecule has 30 heavy (non-hydrogen) atoms. The Morgan fingerprint density at radius 1 is 1.10 bits per heavy atom. The maximum Gasteiger partial charge on any atom is 0.390 e. The van der Waals surface area contributed by atoms with Crippen molar-refractivity contribution in [3.63, 3.8) is 0 Å². The van der Waals surface area contributed by atoms with Crippen LogP contribution in [0.4, 0.5) is 13.2 Å². The molecule has 6 nitrogen and oxygen atoms in total. The van der Waals surface area contributed by atoms with Crippen molar-refractivity contribution in [1.82, 2.24) is 19.9 Å². The summed E-state index contributed by atoms with van der Waals surface area (Å²) in [6.07, 6.45) is 2.75. The van der Waals surface area contributed by atoms with Gasteiger partial charge in [0.25, 0.3) is 0 Å². The van der Waals surface area contributed by atoms with Gasteiger partial charge in [-0.2, -0.15) is 13.2 Å². The molecule has 0 aliphatic carbocycles. The molecule has 0 atom stereocenters. The Hall–Kier alpha value is -2.81. The molecular formula is C21H21F3N4O2. The highest BCUT2D eigenvalue weighted by Crippen LogP contribution is 2.25. The first-order valence-electron chi connectivity index (χ1n) is 9.83. The van der Waals surface area contributed by atoms with Crippen LogP contribution in [0.25, 0.3) is 22.2 Å². The van der Waals surface area contributed by atoms with E-state index in [1.807, 2.05) is 12.1 Å². The molecule has 0 N–H and O–H groups in total. The lowest BCUT2D eigenvalue weighted by Crippen LogP contribution is -2.38. The van der Waals surface area contributed by atoms with E-state index in [1.165, 1.54) is 6.39 Å². The standard InChI is InChI=1S/C21H21F3N4O2/c22-21(23,24)3-6-28-4-1-14(2-5-28)19(29)9-17-7-15-8-18(20-12-25-13-30-20)27-11-16(15)10-26-17/h7-8,10-14H,1-6,9H2. The van der Waals surface area contributed by atoms with Gasteiger partial charge in [0, 0.05) is 42.4 Å². The zero-order valence-electron chi connectivity index (χ0n) is 16.2. The molecule has 1 saturated heterocycles. The lowest BCUT2D eigenvalue weighted by atomic mass is 9.90. The monoisotopic (exact) mass is 418 g/mol. The second-order valence-electron chi connectivity index (χ2n) is 7.58. The van der Waals surface area contributed by atoms with E-state index in [4.69, 9.17) is 4.42 Å². The smallest absolute Gasteiger partial charge is 0.390 e. The number of carbonyl (C=O) groups excluding carboxylic acids is 1. The van der Waals surface area contributed by atoms with Crippen LogP contribution >= 0.6 is 0 Å². The molecule has 9 heteroatoms. The third-order valence-electron chi connectivity index (χ3n) is 5.45. The van der Waals surface area contributed by atoms with E-state index in [0.29, 0.717) is 43.1 Å². The van der Waals surface area contributed by atoms with Crippen molar-refractivity contribution >= 4 is 16.6 Å². The molecule has 4 rings (SSSR count). The number of Topliss-reactive ketones (excluding diaryl/α,β-unsaturated/α-hetero) is 1. The van der Waals surface area contributed by atoms with Crippen LogP contribution in [0.1, 0.15) is 25.0 Å². The van der Waals surface area contributed by atoms with Crippen LogP contribution in [0.15, 0.2) is 41.5 Å². The minimum atomic E-state index is -4.14. The van der Waals surface area contributed by atoms with Crippen molar-refractivity contribution in [2.75, 3.05) is 19.6 Å². The van der Waals surface area contributed by atoms with E-state index in [2.05, 4.69) is 15.0 Å². The fourth-order valence-corrected chi connectivity index (χ4v) is 3.74. The van der Waals surface area contributed by atoms with Gasteiger partial charge in [-0.3, -0.25) is 14.8 Å². The van der Waals surface area contributed by atoms with Crippen LogP contribution in [0.5, 0.6) is 0 Å². The summed E-state index contributed by atoms with van der Waals surface area (Å²) in [5.74, 6) is 0.511. The molecule has 3 aromatic rings. The molecular weight excluding hydrogens is 397 g/mol. The molecule has 1 fully saturated rings. The minimum Gasteiger partial charge on any atom is -0.442 e. The van der Waals surface area contributed by atoms with Crippen molar-refractivity contribution in [1.29, 1.82) is 0 Å². The van der Waals surface area contributed by atoms with Gasteiger partial charge < -0.3 is 9.32 Å². The lowest BCUT2D eigenvalue weighted by Gasteiger charge is -2.31. The maximum absolute atomic E-state index is 12.7. The molecule has 0 aromatic carbocycles. The van der Waals surface area contributed by atoms with Gasteiger partial charge in [0.1, 0.15) is 11.5 Å². The number of hydrogen-bond donors (Lipinski definition) is 0. The summed E-state index contributed by atoms with van der Waals surface area (Å²) in [7, 11) is 0. The number of aromatic nitrogens is 3. The van der Waals surface area contributed by atoms with E-state index in [-0.39, 0.29) is 24.7 Å². The van der Waals surface area contributed by atoms with E-state index < -0.39 is 12.6 Å². The van der Waals surface area contributed by atoms with Gasteiger partial charge >= 0.3 is 6.18 Å². The Balaban J connectivity index is 1.37. The molecule has 4 heterocycles. The largest absolute Gasteiger partial charge is 0.442 e. The van der Waals surface area contributed by atoms with Crippen LogP contribution in [-0.2, 0) is 11.2 Å². The molecule has 1 aliphatic rings. The predicted octanol–water partition coefficient (Wildman–Crippen LogP) is 4.06. The second-order valence-corrected chi connectivity index (χ2v) is 7.58. The topological polar surface area (TPSA) is 72.1 Å². The maximum atomic E-state index is 12.7. The predicted molar refractivity (Wildman–Crippen MR) is 104 cm³/mol. The summed E-state index contributed by atoms with van der Waals surface area (Å²) in [5.41, 5.74) is 1.32. The highest BCUT2D eigenvalue weighted by atomic mass is 19.4. The Bertz CT molecular complexity index is 1010. The van der Waals surface area contributed by atoms with Crippen LogP contribution in [-0.4, -0.2) is 51.4 Å². The van der Waals surface area contributed by atoms with Gasteiger partial charge in [0.15, 0.2) is 12.2 Å².